The minimum atomic E-state index is -0.234. The fourth-order valence-electron chi connectivity index (χ4n) is 4.18. The topological polar surface area (TPSA) is 54.7 Å². The second kappa shape index (κ2) is 4.33. The van der Waals surface area contributed by atoms with E-state index < -0.39 is 0 Å². The summed E-state index contributed by atoms with van der Waals surface area (Å²) in [5.74, 6) is 2.36. The van der Waals surface area contributed by atoms with Gasteiger partial charge in [0.15, 0.2) is 5.82 Å². The number of hydrogen-bond acceptors (Lipinski definition) is 2. The fraction of sp³-hybridized carbons (Fsp3) is 0.438. The molecule has 0 aliphatic heterocycles. The second-order valence-electron chi connectivity index (χ2n) is 6.19. The third-order valence-electron chi connectivity index (χ3n) is 5.04. The molecule has 1 heterocycles. The molecular formula is C16H18FN3. The Hall–Kier alpha value is -1.84. The number of nitrogen functional groups attached to an aromatic ring is 1. The van der Waals surface area contributed by atoms with E-state index in [9.17, 15) is 4.39 Å². The molecule has 3 atom stereocenters. The predicted molar refractivity (Wildman–Crippen MR) is 76.6 cm³/mol. The molecule has 4 heteroatoms. The number of hydrogen-bond donors (Lipinski definition) is 2. The van der Waals surface area contributed by atoms with Crippen LogP contribution in [0.4, 0.5) is 10.2 Å². The molecule has 2 saturated carbocycles. The van der Waals surface area contributed by atoms with Crippen molar-refractivity contribution in [2.45, 2.75) is 31.6 Å². The van der Waals surface area contributed by atoms with Crippen molar-refractivity contribution in [3.63, 3.8) is 0 Å². The standard InChI is InChI=1S/C16H18FN3/c17-12-3-1-2-11(8-12)14-15(19-20-16(14)18)13-7-9-4-5-10(13)6-9/h1-3,8-10,13H,4-7H2,(H3,18,19,20). The number of anilines is 1. The number of fused-ring (bicyclic) bond motifs is 2. The SMILES string of the molecule is Nc1n[nH]c(C2CC3CCC2C3)c1-c1cccc(F)c1. The molecule has 104 valence electrons. The third-order valence-corrected chi connectivity index (χ3v) is 5.04. The Morgan fingerprint density at radius 3 is 2.85 bits per heavy atom. The summed E-state index contributed by atoms with van der Waals surface area (Å²) in [6.45, 7) is 0. The van der Waals surface area contributed by atoms with Gasteiger partial charge in [-0.3, -0.25) is 5.10 Å². The Morgan fingerprint density at radius 1 is 1.25 bits per heavy atom. The van der Waals surface area contributed by atoms with E-state index in [1.165, 1.54) is 37.8 Å². The van der Waals surface area contributed by atoms with Crippen LogP contribution < -0.4 is 5.73 Å². The summed E-state index contributed by atoms with van der Waals surface area (Å²) in [4.78, 5) is 0. The van der Waals surface area contributed by atoms with Crippen LogP contribution in [0.15, 0.2) is 24.3 Å². The van der Waals surface area contributed by atoms with Crippen molar-refractivity contribution < 1.29 is 4.39 Å². The van der Waals surface area contributed by atoms with Crippen LogP contribution in [0.1, 0.15) is 37.3 Å². The third kappa shape index (κ3) is 1.74. The number of benzene rings is 1. The van der Waals surface area contributed by atoms with Crippen LogP contribution in [0, 0.1) is 17.7 Å². The molecule has 3 N–H and O–H groups in total. The van der Waals surface area contributed by atoms with Crippen LogP contribution in [0.25, 0.3) is 11.1 Å². The highest BCUT2D eigenvalue weighted by Gasteiger charge is 2.42. The average molecular weight is 271 g/mol. The van der Waals surface area contributed by atoms with Crippen molar-refractivity contribution in [3.05, 3.63) is 35.8 Å². The van der Waals surface area contributed by atoms with E-state index in [-0.39, 0.29) is 5.82 Å². The highest BCUT2D eigenvalue weighted by atomic mass is 19.1. The van der Waals surface area contributed by atoms with Crippen LogP contribution in [0.2, 0.25) is 0 Å². The number of H-pyrrole nitrogens is 1. The largest absolute Gasteiger partial charge is 0.382 e. The number of aromatic nitrogens is 2. The summed E-state index contributed by atoms with van der Waals surface area (Å²) in [5.41, 5.74) is 8.87. The van der Waals surface area contributed by atoms with Gasteiger partial charge in [-0.25, -0.2) is 4.39 Å². The zero-order chi connectivity index (χ0) is 13.7. The number of halogens is 1. The summed E-state index contributed by atoms with van der Waals surface area (Å²) in [7, 11) is 0. The molecule has 0 radical (unpaired) electrons. The number of aromatic amines is 1. The van der Waals surface area contributed by atoms with E-state index in [2.05, 4.69) is 10.2 Å². The number of nitrogens with one attached hydrogen (secondary N) is 1. The van der Waals surface area contributed by atoms with Crippen LogP contribution in [-0.4, -0.2) is 10.2 Å². The van der Waals surface area contributed by atoms with Gasteiger partial charge in [0, 0.05) is 17.2 Å². The molecule has 2 aliphatic carbocycles. The van der Waals surface area contributed by atoms with E-state index in [0.29, 0.717) is 11.7 Å². The van der Waals surface area contributed by atoms with Gasteiger partial charge in [-0.1, -0.05) is 18.6 Å². The fourth-order valence-corrected chi connectivity index (χ4v) is 4.18. The van der Waals surface area contributed by atoms with Crippen molar-refractivity contribution in [2.24, 2.45) is 11.8 Å². The zero-order valence-electron chi connectivity index (χ0n) is 11.3. The molecule has 3 nitrogen and oxygen atoms in total. The Morgan fingerprint density at radius 2 is 2.15 bits per heavy atom. The number of nitrogens with two attached hydrogens (primary N) is 1. The van der Waals surface area contributed by atoms with Crippen molar-refractivity contribution in [1.82, 2.24) is 10.2 Å². The van der Waals surface area contributed by atoms with E-state index in [1.807, 2.05) is 6.07 Å². The summed E-state index contributed by atoms with van der Waals surface area (Å²) >= 11 is 0. The minimum absolute atomic E-state index is 0.234. The number of rotatable bonds is 2. The van der Waals surface area contributed by atoms with Crippen molar-refractivity contribution in [1.29, 1.82) is 0 Å². The Balaban J connectivity index is 1.78. The molecule has 0 amide bonds. The van der Waals surface area contributed by atoms with Crippen LogP contribution in [-0.2, 0) is 0 Å². The zero-order valence-corrected chi connectivity index (χ0v) is 11.3. The Bertz CT molecular complexity index is 649. The first-order chi connectivity index (χ1) is 9.72. The summed E-state index contributed by atoms with van der Waals surface area (Å²) in [6, 6.07) is 6.62. The summed E-state index contributed by atoms with van der Waals surface area (Å²) in [6.07, 6.45) is 5.21. The minimum Gasteiger partial charge on any atom is -0.382 e. The first kappa shape index (κ1) is 11.9. The van der Waals surface area contributed by atoms with E-state index in [0.717, 1.165) is 28.7 Å². The molecule has 1 aromatic carbocycles. The molecule has 0 saturated heterocycles. The Kier molecular flexibility index (Phi) is 2.59. The highest BCUT2D eigenvalue weighted by molar-refractivity contribution is 5.76. The molecule has 2 aromatic rings. The van der Waals surface area contributed by atoms with E-state index in [4.69, 9.17) is 5.73 Å². The smallest absolute Gasteiger partial charge is 0.153 e. The van der Waals surface area contributed by atoms with Crippen molar-refractivity contribution >= 4 is 5.82 Å². The first-order valence-corrected chi connectivity index (χ1v) is 7.32. The highest BCUT2D eigenvalue weighted by Crippen LogP contribution is 2.54. The van der Waals surface area contributed by atoms with Gasteiger partial charge >= 0.3 is 0 Å². The Labute approximate surface area is 117 Å². The predicted octanol–water partition coefficient (Wildman–Crippen LogP) is 3.70. The lowest BCUT2D eigenvalue weighted by Gasteiger charge is -2.21. The molecule has 4 rings (SSSR count). The second-order valence-corrected chi connectivity index (χ2v) is 6.19. The molecule has 2 aliphatic rings. The van der Waals surface area contributed by atoms with Crippen molar-refractivity contribution in [3.8, 4) is 11.1 Å². The first-order valence-electron chi connectivity index (χ1n) is 7.32. The number of nitrogens with zero attached hydrogens (tertiary/aromatic N) is 1. The van der Waals surface area contributed by atoms with Gasteiger partial charge in [-0.15, -0.1) is 0 Å². The maximum atomic E-state index is 13.5. The lowest BCUT2D eigenvalue weighted by atomic mass is 9.84. The molecule has 2 bridgehead atoms. The summed E-state index contributed by atoms with van der Waals surface area (Å²) < 4.78 is 13.5. The van der Waals surface area contributed by atoms with Crippen LogP contribution >= 0.6 is 0 Å². The maximum absolute atomic E-state index is 13.5. The lowest BCUT2D eigenvalue weighted by Crippen LogP contribution is -2.10. The van der Waals surface area contributed by atoms with Gasteiger partial charge in [0.05, 0.1) is 0 Å². The average Bonchev–Trinajstić information content (AvgIpc) is 3.12. The van der Waals surface area contributed by atoms with Gasteiger partial charge in [0.25, 0.3) is 0 Å². The molecular weight excluding hydrogens is 253 g/mol. The van der Waals surface area contributed by atoms with Crippen molar-refractivity contribution in [2.75, 3.05) is 5.73 Å². The molecule has 3 unspecified atom stereocenters. The maximum Gasteiger partial charge on any atom is 0.153 e. The molecule has 0 spiro atoms. The lowest BCUT2D eigenvalue weighted by molar-refractivity contribution is 0.413. The van der Waals surface area contributed by atoms with E-state index >= 15 is 0 Å². The van der Waals surface area contributed by atoms with Gasteiger partial charge in [0.1, 0.15) is 5.82 Å². The van der Waals surface area contributed by atoms with Gasteiger partial charge in [0.2, 0.25) is 0 Å². The molecule has 1 aromatic heterocycles. The van der Waals surface area contributed by atoms with Gasteiger partial charge in [-0.05, 0) is 48.8 Å². The van der Waals surface area contributed by atoms with E-state index in [1.54, 1.807) is 6.07 Å². The monoisotopic (exact) mass is 271 g/mol. The quantitative estimate of drug-likeness (QED) is 0.875. The van der Waals surface area contributed by atoms with Crippen LogP contribution in [0.3, 0.4) is 0 Å². The summed E-state index contributed by atoms with van der Waals surface area (Å²) in [5, 5.41) is 7.30. The van der Waals surface area contributed by atoms with Crippen LogP contribution in [0.5, 0.6) is 0 Å². The molecule has 20 heavy (non-hydrogen) atoms. The molecule has 2 fully saturated rings. The van der Waals surface area contributed by atoms with Gasteiger partial charge < -0.3 is 5.73 Å². The van der Waals surface area contributed by atoms with Gasteiger partial charge in [-0.2, -0.15) is 5.10 Å². The normalized spacial score (nSPS) is 28.1.